The molecule has 0 spiro atoms. The van der Waals surface area contributed by atoms with Crippen LogP contribution in [0.2, 0.25) is 0 Å². The Bertz CT molecular complexity index is 1080. The van der Waals surface area contributed by atoms with E-state index in [2.05, 4.69) is 15.3 Å². The van der Waals surface area contributed by atoms with Crippen LogP contribution in [0.3, 0.4) is 0 Å². The minimum atomic E-state index is -0.619. The van der Waals surface area contributed by atoms with Crippen molar-refractivity contribution < 1.29 is 13.9 Å². The summed E-state index contributed by atoms with van der Waals surface area (Å²) in [5.74, 6) is -0.0942. The van der Waals surface area contributed by atoms with Crippen LogP contribution in [0.1, 0.15) is 28.5 Å². The molecule has 0 aliphatic heterocycles. The van der Waals surface area contributed by atoms with Crippen LogP contribution >= 0.6 is 0 Å². The van der Waals surface area contributed by atoms with Crippen LogP contribution in [0.4, 0.5) is 4.39 Å². The summed E-state index contributed by atoms with van der Waals surface area (Å²) >= 11 is 0. The molecule has 0 saturated heterocycles. The number of pyridine rings is 1. The number of nitrogens with zero attached hydrogens (tertiary/aromatic N) is 4. The van der Waals surface area contributed by atoms with Crippen LogP contribution in [0, 0.1) is 12.9 Å². The van der Waals surface area contributed by atoms with Gasteiger partial charge in [0.05, 0.1) is 12.8 Å². The number of benzene rings is 1. The molecule has 0 N–H and O–H groups in total. The van der Waals surface area contributed by atoms with E-state index < -0.39 is 5.95 Å². The highest BCUT2D eigenvalue weighted by Crippen LogP contribution is 2.36. The van der Waals surface area contributed by atoms with Crippen LogP contribution in [-0.4, -0.2) is 32.9 Å². The van der Waals surface area contributed by atoms with Gasteiger partial charge >= 0.3 is 0 Å². The minimum Gasteiger partial charge on any atom is -0.496 e. The van der Waals surface area contributed by atoms with Crippen LogP contribution in [0.25, 0.3) is 22.7 Å². The van der Waals surface area contributed by atoms with Gasteiger partial charge in [0, 0.05) is 28.5 Å². The highest BCUT2D eigenvalue weighted by Gasteiger charge is 2.28. The van der Waals surface area contributed by atoms with Crippen LogP contribution in [-0.2, 0) is 4.74 Å². The number of rotatable bonds is 3. The third-order valence-corrected chi connectivity index (χ3v) is 4.53. The molecule has 0 bridgehead atoms. The molecule has 0 saturated carbocycles. The highest BCUT2D eigenvalue weighted by atomic mass is 19.1. The fourth-order valence-electron chi connectivity index (χ4n) is 3.21. The molecule has 7 heteroatoms. The van der Waals surface area contributed by atoms with Crippen molar-refractivity contribution in [1.82, 2.24) is 20.0 Å². The Labute approximate surface area is 148 Å². The Kier molecular flexibility index (Phi) is 3.64. The van der Waals surface area contributed by atoms with Crippen molar-refractivity contribution in [2.24, 2.45) is 0 Å². The number of ketones is 1. The second kappa shape index (κ2) is 5.87. The van der Waals surface area contributed by atoms with Crippen LogP contribution < -0.4 is 0 Å². The summed E-state index contributed by atoms with van der Waals surface area (Å²) in [6, 6.07) is 8.64. The van der Waals surface area contributed by atoms with Gasteiger partial charge in [0.1, 0.15) is 17.1 Å². The maximum absolute atomic E-state index is 14.0. The zero-order valence-electron chi connectivity index (χ0n) is 14.4. The number of allylic oxidation sites excluding steroid dienone is 1. The molecule has 3 aromatic rings. The van der Waals surface area contributed by atoms with Crippen molar-refractivity contribution in [3.8, 4) is 16.9 Å². The number of fused-ring (bicyclic) bond motifs is 1. The van der Waals surface area contributed by atoms with Gasteiger partial charge in [-0.1, -0.05) is 11.3 Å². The number of hydrogen-bond donors (Lipinski definition) is 0. The molecule has 1 aromatic carbocycles. The third-order valence-electron chi connectivity index (χ3n) is 4.53. The Balaban J connectivity index is 1.83. The van der Waals surface area contributed by atoms with Gasteiger partial charge in [-0.3, -0.25) is 4.79 Å². The van der Waals surface area contributed by atoms with Gasteiger partial charge in [0.15, 0.2) is 5.78 Å². The van der Waals surface area contributed by atoms with Crippen LogP contribution in [0.5, 0.6) is 0 Å². The van der Waals surface area contributed by atoms with Crippen molar-refractivity contribution >= 4 is 11.5 Å². The van der Waals surface area contributed by atoms with E-state index in [0.717, 1.165) is 11.1 Å². The Morgan fingerprint density at radius 2 is 1.96 bits per heavy atom. The molecule has 0 radical (unpaired) electrons. The largest absolute Gasteiger partial charge is 0.496 e. The second-order valence-electron chi connectivity index (χ2n) is 6.00. The molecule has 0 amide bonds. The lowest BCUT2D eigenvalue weighted by Gasteiger charge is -2.07. The number of aromatic nitrogens is 4. The molecule has 0 fully saturated rings. The van der Waals surface area contributed by atoms with Crippen molar-refractivity contribution in [2.45, 2.75) is 13.8 Å². The van der Waals surface area contributed by atoms with Crippen molar-refractivity contribution in [2.75, 3.05) is 7.11 Å². The smallest absolute Gasteiger partial charge is 0.238 e. The first-order valence-corrected chi connectivity index (χ1v) is 8.00. The average molecular weight is 350 g/mol. The van der Waals surface area contributed by atoms with Gasteiger partial charge in [0.25, 0.3) is 0 Å². The predicted octanol–water partition coefficient (Wildman–Crippen LogP) is 3.35. The minimum absolute atomic E-state index is 0.0405. The van der Waals surface area contributed by atoms with E-state index in [1.165, 1.54) is 10.9 Å². The van der Waals surface area contributed by atoms with E-state index in [0.29, 0.717) is 28.3 Å². The summed E-state index contributed by atoms with van der Waals surface area (Å²) in [5, 5.41) is 8.26. The number of ether oxygens (including phenoxy) is 1. The van der Waals surface area contributed by atoms with E-state index in [1.807, 2.05) is 12.1 Å². The predicted molar refractivity (Wildman–Crippen MR) is 93.2 cm³/mol. The molecule has 0 unspecified atom stereocenters. The third kappa shape index (κ3) is 2.24. The fraction of sp³-hybridized carbons (Fsp3) is 0.158. The molecule has 4 rings (SSSR count). The van der Waals surface area contributed by atoms with Gasteiger partial charge in [-0.05, 0) is 38.1 Å². The molecule has 1 aliphatic carbocycles. The normalized spacial score (nSPS) is 13.3. The number of carbonyl (C=O) groups excluding carboxylic acids is 1. The Morgan fingerprint density at radius 3 is 2.69 bits per heavy atom. The first-order chi connectivity index (χ1) is 12.5. The molecule has 0 atom stereocenters. The lowest BCUT2D eigenvalue weighted by atomic mass is 10.0. The maximum atomic E-state index is 14.0. The molecule has 2 heterocycles. The van der Waals surface area contributed by atoms with E-state index in [9.17, 15) is 9.18 Å². The zero-order valence-corrected chi connectivity index (χ0v) is 14.4. The Morgan fingerprint density at radius 1 is 1.15 bits per heavy atom. The van der Waals surface area contributed by atoms with E-state index in [1.54, 1.807) is 39.2 Å². The summed E-state index contributed by atoms with van der Waals surface area (Å²) in [6.45, 7) is 3.55. The van der Waals surface area contributed by atoms with Crippen LogP contribution in [0.15, 0.2) is 42.1 Å². The van der Waals surface area contributed by atoms with Gasteiger partial charge in [-0.2, -0.15) is 4.39 Å². The van der Waals surface area contributed by atoms with Gasteiger partial charge in [-0.15, -0.1) is 5.10 Å². The Hall–Kier alpha value is -3.35. The zero-order chi connectivity index (χ0) is 18.4. The van der Waals surface area contributed by atoms with E-state index in [4.69, 9.17) is 4.74 Å². The number of methoxy groups -OCH3 is 1. The number of Topliss-reactive ketones (excluding diaryl/α,β-unsaturated/α-hetero) is 1. The van der Waals surface area contributed by atoms with Gasteiger partial charge in [0.2, 0.25) is 5.95 Å². The number of halogens is 1. The van der Waals surface area contributed by atoms with Gasteiger partial charge < -0.3 is 4.74 Å². The lowest BCUT2D eigenvalue weighted by Crippen LogP contribution is -2.03. The molecular formula is C19H15FN4O2. The fourth-order valence-corrected chi connectivity index (χ4v) is 3.21. The molecule has 1 aliphatic rings. The summed E-state index contributed by atoms with van der Waals surface area (Å²) in [7, 11) is 1.54. The molecule has 130 valence electrons. The summed E-state index contributed by atoms with van der Waals surface area (Å²) in [4.78, 5) is 15.9. The van der Waals surface area contributed by atoms with Crippen molar-refractivity contribution in [3.63, 3.8) is 0 Å². The van der Waals surface area contributed by atoms with Gasteiger partial charge in [-0.25, -0.2) is 9.67 Å². The SMILES string of the molecule is COC1=C(C)C(=O)c2ccc(-c3nnn(-c4cccnc4F)c3C)cc21. The molecule has 26 heavy (non-hydrogen) atoms. The van der Waals surface area contributed by atoms with Crippen molar-refractivity contribution in [1.29, 1.82) is 0 Å². The van der Waals surface area contributed by atoms with Crippen molar-refractivity contribution in [3.05, 3.63) is 64.9 Å². The average Bonchev–Trinajstić information content (AvgIpc) is 3.13. The van der Waals surface area contributed by atoms with E-state index >= 15 is 0 Å². The molecular weight excluding hydrogens is 335 g/mol. The second-order valence-corrected chi connectivity index (χ2v) is 6.00. The quantitative estimate of drug-likeness (QED) is 0.678. The first kappa shape index (κ1) is 16.1. The molecule has 6 nitrogen and oxygen atoms in total. The lowest BCUT2D eigenvalue weighted by molar-refractivity contribution is 0.103. The number of carbonyl (C=O) groups is 1. The summed E-state index contributed by atoms with van der Waals surface area (Å²) in [5.41, 5.74) is 4.18. The monoisotopic (exact) mass is 350 g/mol. The summed E-state index contributed by atoms with van der Waals surface area (Å²) < 4.78 is 20.8. The first-order valence-electron chi connectivity index (χ1n) is 8.00. The van der Waals surface area contributed by atoms with E-state index in [-0.39, 0.29) is 11.5 Å². The maximum Gasteiger partial charge on any atom is 0.238 e. The summed E-state index contributed by atoms with van der Waals surface area (Å²) in [6.07, 6.45) is 1.38. The highest BCUT2D eigenvalue weighted by molar-refractivity contribution is 6.19. The topological polar surface area (TPSA) is 69.9 Å². The standard InChI is InChI=1S/C19H15FN4O2/c1-10-17(25)13-7-6-12(9-14(13)18(10)26-3)16-11(2)24(23-22-16)15-5-4-8-21-19(15)20/h4-9H,1-3H3. The molecule has 2 aromatic heterocycles. The number of hydrogen-bond acceptors (Lipinski definition) is 5.